The number of aromatic nitrogens is 2. The Morgan fingerprint density at radius 2 is 1.91 bits per heavy atom. The normalized spacial score (nSPS) is 18.7. The summed E-state index contributed by atoms with van der Waals surface area (Å²) in [6.07, 6.45) is -2.09. The molecule has 2 amide bonds. The van der Waals surface area contributed by atoms with E-state index in [9.17, 15) is 27.6 Å². The van der Waals surface area contributed by atoms with Gasteiger partial charge in [-0.15, -0.1) is 0 Å². The summed E-state index contributed by atoms with van der Waals surface area (Å²) in [5.74, 6) is -2.24. The van der Waals surface area contributed by atoms with E-state index in [1.165, 1.54) is 6.07 Å². The minimum Gasteiger partial charge on any atom is -0.342 e. The number of fused-ring (bicyclic) bond motifs is 1. The molecule has 1 aromatic carbocycles. The Hall–Kier alpha value is -3.08. The molecule has 8 nitrogen and oxygen atoms in total. The fraction of sp³-hybridized carbons (Fsp3) is 0.400. The van der Waals surface area contributed by atoms with Crippen LogP contribution in [-0.2, 0) is 15.8 Å². The fourth-order valence-corrected chi connectivity index (χ4v) is 4.11. The summed E-state index contributed by atoms with van der Waals surface area (Å²) in [5, 5.41) is 4.36. The number of amides is 2. The van der Waals surface area contributed by atoms with Gasteiger partial charge in [0.1, 0.15) is 5.82 Å². The molecule has 0 aliphatic carbocycles. The van der Waals surface area contributed by atoms with Crippen molar-refractivity contribution in [1.82, 2.24) is 9.97 Å². The van der Waals surface area contributed by atoms with Gasteiger partial charge in [0, 0.05) is 25.2 Å². The van der Waals surface area contributed by atoms with E-state index in [2.05, 4.69) is 20.6 Å². The zero-order valence-electron chi connectivity index (χ0n) is 16.7. The summed E-state index contributed by atoms with van der Waals surface area (Å²) in [7, 11) is 0. The summed E-state index contributed by atoms with van der Waals surface area (Å²) in [5.41, 5.74) is -1.88. The van der Waals surface area contributed by atoms with Gasteiger partial charge in [-0.3, -0.25) is 19.4 Å². The van der Waals surface area contributed by atoms with Crippen molar-refractivity contribution in [1.29, 1.82) is 0 Å². The predicted octanol–water partition coefficient (Wildman–Crippen LogP) is 3.50. The van der Waals surface area contributed by atoms with Crippen LogP contribution in [0.15, 0.2) is 23.0 Å². The predicted molar refractivity (Wildman–Crippen MR) is 112 cm³/mol. The number of H-pyrrole nitrogens is 1. The molecule has 170 valence electrons. The van der Waals surface area contributed by atoms with Crippen LogP contribution in [0.4, 0.5) is 30.6 Å². The Morgan fingerprint density at radius 3 is 2.59 bits per heavy atom. The maximum atomic E-state index is 13.1. The Morgan fingerprint density at radius 1 is 1.19 bits per heavy atom. The van der Waals surface area contributed by atoms with Crippen molar-refractivity contribution >= 4 is 40.9 Å². The first kappa shape index (κ1) is 22.1. The molecule has 2 aliphatic rings. The molecule has 32 heavy (non-hydrogen) atoms. The summed E-state index contributed by atoms with van der Waals surface area (Å²) in [6, 6.07) is 2.92. The first-order valence-electron chi connectivity index (χ1n) is 10.00. The number of benzene rings is 1. The summed E-state index contributed by atoms with van der Waals surface area (Å²) >= 11 is 5.61. The number of anilines is 3. The lowest BCUT2D eigenvalue weighted by molar-refractivity contribution is -0.137. The van der Waals surface area contributed by atoms with Crippen LogP contribution in [0.5, 0.6) is 0 Å². The zero-order chi connectivity index (χ0) is 23.0. The van der Waals surface area contributed by atoms with E-state index in [-0.39, 0.29) is 23.5 Å². The molecule has 0 saturated carbocycles. The second-order valence-electron chi connectivity index (χ2n) is 7.69. The van der Waals surface area contributed by atoms with Gasteiger partial charge < -0.3 is 15.5 Å². The van der Waals surface area contributed by atoms with E-state index in [1.54, 1.807) is 0 Å². The molecule has 0 unspecified atom stereocenters. The van der Waals surface area contributed by atoms with Gasteiger partial charge in [-0.1, -0.05) is 11.6 Å². The smallest absolute Gasteiger partial charge is 0.342 e. The van der Waals surface area contributed by atoms with Crippen molar-refractivity contribution in [2.24, 2.45) is 0 Å². The number of alkyl halides is 3. The van der Waals surface area contributed by atoms with Crippen molar-refractivity contribution in [2.75, 3.05) is 28.6 Å². The van der Waals surface area contributed by atoms with Crippen LogP contribution < -0.4 is 21.1 Å². The van der Waals surface area contributed by atoms with E-state index in [1.807, 2.05) is 4.90 Å². The van der Waals surface area contributed by atoms with Crippen LogP contribution in [0.3, 0.4) is 0 Å². The van der Waals surface area contributed by atoms with E-state index in [0.29, 0.717) is 25.1 Å². The molecule has 0 radical (unpaired) electrons. The highest BCUT2D eigenvalue weighted by atomic mass is 35.5. The number of aromatic amines is 1. The summed E-state index contributed by atoms with van der Waals surface area (Å²) < 4.78 is 39.3. The van der Waals surface area contributed by atoms with Gasteiger partial charge in [0.2, 0.25) is 17.8 Å². The number of hydrogen-bond acceptors (Lipinski definition) is 5. The van der Waals surface area contributed by atoms with Gasteiger partial charge in [-0.25, -0.2) is 0 Å². The van der Waals surface area contributed by atoms with Crippen LogP contribution in [0.25, 0.3) is 0 Å². The second-order valence-corrected chi connectivity index (χ2v) is 8.09. The van der Waals surface area contributed by atoms with Crippen molar-refractivity contribution in [2.45, 2.75) is 37.8 Å². The number of halogens is 4. The first-order valence-corrected chi connectivity index (χ1v) is 10.4. The van der Waals surface area contributed by atoms with E-state index in [4.69, 9.17) is 11.6 Å². The van der Waals surface area contributed by atoms with Crippen molar-refractivity contribution in [3.05, 3.63) is 44.7 Å². The molecule has 0 spiro atoms. The molecule has 1 saturated heterocycles. The number of carbonyl (C=O) groups is 2. The highest BCUT2D eigenvalue weighted by molar-refractivity contribution is 6.31. The number of nitrogens with one attached hydrogen (secondary N) is 3. The highest BCUT2D eigenvalue weighted by Gasteiger charge is 2.36. The number of piperidine rings is 1. The van der Waals surface area contributed by atoms with E-state index < -0.39 is 40.1 Å². The molecule has 4 rings (SSSR count). The number of carbonyl (C=O) groups excluding carboxylic acids is 2. The largest absolute Gasteiger partial charge is 0.417 e. The van der Waals surface area contributed by atoms with Crippen LogP contribution in [0.1, 0.15) is 42.7 Å². The van der Waals surface area contributed by atoms with Crippen LogP contribution in [-0.4, -0.2) is 34.9 Å². The molecule has 3 heterocycles. The molecular weight excluding hydrogens is 451 g/mol. The van der Waals surface area contributed by atoms with Crippen molar-refractivity contribution in [3.63, 3.8) is 0 Å². The average Bonchev–Trinajstić information content (AvgIpc) is 2.74. The molecular formula is C20H19ClF3N5O3. The van der Waals surface area contributed by atoms with E-state index in [0.717, 1.165) is 25.3 Å². The fourth-order valence-electron chi connectivity index (χ4n) is 3.89. The minimum absolute atomic E-state index is 0.0159. The Kier molecular flexibility index (Phi) is 5.85. The standard InChI is InChI=1S/C20H19ClF3N5O3/c21-13-5-4-10(8-12(13)20(22,23)24)25-17(31)11-9-14(30)26-16-15(11)18(32)28-19(27-16)29-6-2-1-3-7-29/h4-5,8,11H,1-3,6-7,9H2,(H,25,31)(H2,26,27,28,30,32)/t11-/m1/s1. The van der Waals surface area contributed by atoms with Crippen LogP contribution in [0, 0.1) is 0 Å². The lowest BCUT2D eigenvalue weighted by atomic mass is 9.92. The third-order valence-corrected chi connectivity index (χ3v) is 5.78. The minimum atomic E-state index is -4.71. The zero-order valence-corrected chi connectivity index (χ0v) is 17.4. The lowest BCUT2D eigenvalue weighted by Gasteiger charge is -2.29. The molecule has 3 N–H and O–H groups in total. The number of nitrogens with zero attached hydrogens (tertiary/aromatic N) is 2. The molecule has 12 heteroatoms. The Bertz CT molecular complexity index is 1130. The Labute approximate surface area is 185 Å². The molecule has 0 bridgehead atoms. The SMILES string of the molecule is O=C1C[C@@H](C(=O)Nc2ccc(Cl)c(C(F)(F)F)c2)c2c(nc(N3CCCCC3)[nH]c2=O)N1. The molecule has 1 fully saturated rings. The molecule has 1 aromatic heterocycles. The lowest BCUT2D eigenvalue weighted by Crippen LogP contribution is -2.38. The summed E-state index contributed by atoms with van der Waals surface area (Å²) in [6.45, 7) is 1.41. The maximum Gasteiger partial charge on any atom is 0.417 e. The van der Waals surface area contributed by atoms with Gasteiger partial charge in [0.25, 0.3) is 5.56 Å². The van der Waals surface area contributed by atoms with Gasteiger partial charge >= 0.3 is 6.18 Å². The molecule has 2 aliphatic heterocycles. The maximum absolute atomic E-state index is 13.1. The quantitative estimate of drug-likeness (QED) is 0.638. The monoisotopic (exact) mass is 469 g/mol. The first-order chi connectivity index (χ1) is 15.1. The van der Waals surface area contributed by atoms with Gasteiger partial charge in [0.05, 0.1) is 22.1 Å². The van der Waals surface area contributed by atoms with Gasteiger partial charge in [0.15, 0.2) is 0 Å². The number of hydrogen-bond donors (Lipinski definition) is 3. The number of rotatable bonds is 3. The Balaban J connectivity index is 1.63. The second kappa shape index (κ2) is 8.45. The van der Waals surface area contributed by atoms with Crippen molar-refractivity contribution in [3.8, 4) is 0 Å². The summed E-state index contributed by atoms with van der Waals surface area (Å²) in [4.78, 5) is 46.8. The van der Waals surface area contributed by atoms with Gasteiger partial charge in [-0.05, 0) is 37.5 Å². The van der Waals surface area contributed by atoms with Crippen LogP contribution in [0.2, 0.25) is 5.02 Å². The van der Waals surface area contributed by atoms with E-state index >= 15 is 0 Å². The topological polar surface area (TPSA) is 107 Å². The molecule has 1 atom stereocenters. The third-order valence-electron chi connectivity index (χ3n) is 5.45. The van der Waals surface area contributed by atoms with Crippen LogP contribution >= 0.6 is 11.6 Å². The molecule has 2 aromatic rings. The van der Waals surface area contributed by atoms with Gasteiger partial charge in [-0.2, -0.15) is 18.2 Å². The highest BCUT2D eigenvalue weighted by Crippen LogP contribution is 2.37. The average molecular weight is 470 g/mol. The third kappa shape index (κ3) is 4.43. The van der Waals surface area contributed by atoms with Crippen molar-refractivity contribution < 1.29 is 22.8 Å².